The molecule has 0 fully saturated rings. The standard InChI is InChI=1S/C14H15N3O3/c1-9-11(14(18)19)4-5-12(17-9)15-7-10-3-6-13(20-2)16-8-10/h3-6,8H,7H2,1-2H3,(H,15,17)(H,18,19). The fourth-order valence-electron chi connectivity index (χ4n) is 1.71. The molecule has 2 aromatic heterocycles. The highest BCUT2D eigenvalue weighted by molar-refractivity contribution is 5.89. The molecule has 2 N–H and O–H groups in total. The van der Waals surface area contributed by atoms with Crippen LogP contribution in [0, 0.1) is 6.92 Å². The van der Waals surface area contributed by atoms with Crippen molar-refractivity contribution in [2.75, 3.05) is 12.4 Å². The molecule has 6 nitrogen and oxygen atoms in total. The number of aromatic nitrogens is 2. The molecular formula is C14H15N3O3. The van der Waals surface area contributed by atoms with Crippen LogP contribution >= 0.6 is 0 Å². The minimum absolute atomic E-state index is 0.210. The minimum Gasteiger partial charge on any atom is -0.481 e. The molecule has 2 rings (SSSR count). The Balaban J connectivity index is 2.03. The van der Waals surface area contributed by atoms with Gasteiger partial charge in [0.2, 0.25) is 5.88 Å². The molecule has 0 aliphatic rings. The number of hydrogen-bond donors (Lipinski definition) is 2. The van der Waals surface area contributed by atoms with Crippen LogP contribution in [0.25, 0.3) is 0 Å². The van der Waals surface area contributed by atoms with Crippen LogP contribution in [0.5, 0.6) is 5.88 Å². The van der Waals surface area contributed by atoms with E-state index in [-0.39, 0.29) is 5.56 Å². The van der Waals surface area contributed by atoms with Gasteiger partial charge in [-0.25, -0.2) is 14.8 Å². The summed E-state index contributed by atoms with van der Waals surface area (Å²) in [6, 6.07) is 6.87. The average molecular weight is 273 g/mol. The van der Waals surface area contributed by atoms with E-state index in [0.29, 0.717) is 23.9 Å². The summed E-state index contributed by atoms with van der Waals surface area (Å²) in [5.41, 5.74) is 1.67. The van der Waals surface area contributed by atoms with Crippen molar-refractivity contribution in [3.8, 4) is 5.88 Å². The Kier molecular flexibility index (Phi) is 4.14. The van der Waals surface area contributed by atoms with E-state index >= 15 is 0 Å². The smallest absolute Gasteiger partial charge is 0.337 e. The maximum Gasteiger partial charge on any atom is 0.337 e. The summed E-state index contributed by atoms with van der Waals surface area (Å²) in [6.07, 6.45) is 1.71. The quantitative estimate of drug-likeness (QED) is 0.868. The van der Waals surface area contributed by atoms with Crippen LogP contribution in [0.1, 0.15) is 21.6 Å². The first-order valence-corrected chi connectivity index (χ1v) is 6.04. The SMILES string of the molecule is COc1ccc(CNc2ccc(C(=O)O)c(C)n2)cn1. The summed E-state index contributed by atoms with van der Waals surface area (Å²) < 4.78 is 4.98. The van der Waals surface area contributed by atoms with Gasteiger partial charge in [-0.05, 0) is 24.6 Å². The molecular weight excluding hydrogens is 258 g/mol. The van der Waals surface area contributed by atoms with Gasteiger partial charge in [0.25, 0.3) is 0 Å². The number of methoxy groups -OCH3 is 1. The predicted molar refractivity (Wildman–Crippen MR) is 74.0 cm³/mol. The molecule has 20 heavy (non-hydrogen) atoms. The van der Waals surface area contributed by atoms with Crippen molar-refractivity contribution in [3.05, 3.63) is 47.3 Å². The molecule has 0 aromatic carbocycles. The van der Waals surface area contributed by atoms with E-state index in [9.17, 15) is 4.79 Å². The lowest BCUT2D eigenvalue weighted by atomic mass is 10.2. The number of aryl methyl sites for hydroxylation is 1. The third-order valence-corrected chi connectivity index (χ3v) is 2.80. The molecule has 0 radical (unpaired) electrons. The van der Waals surface area contributed by atoms with E-state index in [1.165, 1.54) is 0 Å². The molecule has 2 aromatic rings. The molecule has 0 spiro atoms. The monoisotopic (exact) mass is 273 g/mol. The van der Waals surface area contributed by atoms with Crippen LogP contribution in [-0.4, -0.2) is 28.2 Å². The van der Waals surface area contributed by atoms with E-state index in [4.69, 9.17) is 9.84 Å². The fraction of sp³-hybridized carbons (Fsp3) is 0.214. The van der Waals surface area contributed by atoms with Gasteiger partial charge in [0.05, 0.1) is 18.4 Å². The number of carbonyl (C=O) groups is 1. The predicted octanol–water partition coefficient (Wildman–Crippen LogP) is 2.10. The van der Waals surface area contributed by atoms with Crippen molar-refractivity contribution in [1.82, 2.24) is 9.97 Å². The average Bonchev–Trinajstić information content (AvgIpc) is 2.45. The Morgan fingerprint density at radius 2 is 2.15 bits per heavy atom. The summed E-state index contributed by atoms with van der Waals surface area (Å²) >= 11 is 0. The van der Waals surface area contributed by atoms with Gasteiger partial charge in [0.15, 0.2) is 0 Å². The van der Waals surface area contributed by atoms with Crippen molar-refractivity contribution in [3.63, 3.8) is 0 Å². The van der Waals surface area contributed by atoms with Gasteiger partial charge in [-0.3, -0.25) is 0 Å². The summed E-state index contributed by atoms with van der Waals surface area (Å²) in [6.45, 7) is 2.22. The molecule has 0 aliphatic heterocycles. The summed E-state index contributed by atoms with van der Waals surface area (Å²) in [4.78, 5) is 19.2. The number of carboxylic acids is 1. The number of pyridine rings is 2. The Hall–Kier alpha value is -2.63. The maximum atomic E-state index is 10.9. The zero-order chi connectivity index (χ0) is 14.5. The fourth-order valence-corrected chi connectivity index (χ4v) is 1.71. The van der Waals surface area contributed by atoms with Gasteiger partial charge in [-0.1, -0.05) is 6.07 Å². The number of rotatable bonds is 5. The Morgan fingerprint density at radius 3 is 2.70 bits per heavy atom. The lowest BCUT2D eigenvalue weighted by Crippen LogP contribution is -2.06. The molecule has 6 heteroatoms. The third-order valence-electron chi connectivity index (χ3n) is 2.80. The molecule has 0 amide bonds. The minimum atomic E-state index is -0.971. The molecule has 0 aliphatic carbocycles. The number of anilines is 1. The largest absolute Gasteiger partial charge is 0.481 e. The number of nitrogens with zero attached hydrogens (tertiary/aromatic N) is 2. The number of carboxylic acid groups (broad SMARTS) is 1. The molecule has 104 valence electrons. The first kappa shape index (κ1) is 13.8. The maximum absolute atomic E-state index is 10.9. The molecule has 2 heterocycles. The number of ether oxygens (including phenoxy) is 1. The Bertz CT molecular complexity index is 612. The molecule has 0 saturated carbocycles. The first-order valence-electron chi connectivity index (χ1n) is 6.04. The highest BCUT2D eigenvalue weighted by Gasteiger charge is 2.08. The van der Waals surface area contributed by atoms with Gasteiger partial charge >= 0.3 is 5.97 Å². The highest BCUT2D eigenvalue weighted by Crippen LogP contribution is 2.12. The van der Waals surface area contributed by atoms with Crippen molar-refractivity contribution in [2.24, 2.45) is 0 Å². The Morgan fingerprint density at radius 1 is 1.35 bits per heavy atom. The normalized spacial score (nSPS) is 10.1. The second-order valence-electron chi connectivity index (χ2n) is 4.20. The first-order chi connectivity index (χ1) is 9.60. The molecule has 0 unspecified atom stereocenters. The van der Waals surface area contributed by atoms with Crippen LogP contribution < -0.4 is 10.1 Å². The number of hydrogen-bond acceptors (Lipinski definition) is 5. The van der Waals surface area contributed by atoms with Crippen LogP contribution in [0.2, 0.25) is 0 Å². The van der Waals surface area contributed by atoms with Crippen LogP contribution in [0.3, 0.4) is 0 Å². The zero-order valence-corrected chi connectivity index (χ0v) is 11.3. The summed E-state index contributed by atoms with van der Waals surface area (Å²) in [7, 11) is 1.57. The van der Waals surface area contributed by atoms with Crippen LogP contribution in [0.4, 0.5) is 5.82 Å². The zero-order valence-electron chi connectivity index (χ0n) is 11.3. The lowest BCUT2D eigenvalue weighted by Gasteiger charge is -2.08. The summed E-state index contributed by atoms with van der Waals surface area (Å²) in [5.74, 6) is 0.220. The van der Waals surface area contributed by atoms with E-state index in [2.05, 4.69) is 15.3 Å². The third kappa shape index (κ3) is 3.23. The van der Waals surface area contributed by atoms with E-state index in [1.807, 2.05) is 6.07 Å². The second kappa shape index (κ2) is 6.01. The topological polar surface area (TPSA) is 84.3 Å². The van der Waals surface area contributed by atoms with Gasteiger partial charge in [0.1, 0.15) is 5.82 Å². The molecule has 0 atom stereocenters. The Labute approximate surface area is 116 Å². The van der Waals surface area contributed by atoms with Crippen LogP contribution in [-0.2, 0) is 6.54 Å². The molecule has 0 saturated heterocycles. The van der Waals surface area contributed by atoms with Gasteiger partial charge < -0.3 is 15.2 Å². The number of aromatic carboxylic acids is 1. The highest BCUT2D eigenvalue weighted by atomic mass is 16.5. The van der Waals surface area contributed by atoms with E-state index in [1.54, 1.807) is 38.4 Å². The van der Waals surface area contributed by atoms with E-state index in [0.717, 1.165) is 5.56 Å². The van der Waals surface area contributed by atoms with Gasteiger partial charge in [-0.2, -0.15) is 0 Å². The van der Waals surface area contributed by atoms with Crippen molar-refractivity contribution >= 4 is 11.8 Å². The summed E-state index contributed by atoms with van der Waals surface area (Å²) in [5, 5.41) is 12.1. The molecule has 0 bridgehead atoms. The lowest BCUT2D eigenvalue weighted by molar-refractivity contribution is 0.0695. The second-order valence-corrected chi connectivity index (χ2v) is 4.20. The van der Waals surface area contributed by atoms with Crippen molar-refractivity contribution < 1.29 is 14.6 Å². The van der Waals surface area contributed by atoms with Crippen molar-refractivity contribution in [1.29, 1.82) is 0 Å². The van der Waals surface area contributed by atoms with Gasteiger partial charge in [0, 0.05) is 18.8 Å². The van der Waals surface area contributed by atoms with Crippen molar-refractivity contribution in [2.45, 2.75) is 13.5 Å². The van der Waals surface area contributed by atoms with Gasteiger partial charge in [-0.15, -0.1) is 0 Å². The van der Waals surface area contributed by atoms with Crippen LogP contribution in [0.15, 0.2) is 30.5 Å². The van der Waals surface area contributed by atoms with E-state index < -0.39 is 5.97 Å². The number of nitrogens with one attached hydrogen (secondary N) is 1.